The number of hydrogen-bond acceptors (Lipinski definition) is 4. The Bertz CT molecular complexity index is 799. The number of carbonyl (C=O) groups excluding carboxylic acids is 1. The van der Waals surface area contributed by atoms with Gasteiger partial charge in [-0.1, -0.05) is 12.1 Å². The van der Waals surface area contributed by atoms with E-state index in [1.807, 2.05) is 42.0 Å². The zero-order valence-corrected chi connectivity index (χ0v) is 17.6. The Hall–Kier alpha value is -2.34. The van der Waals surface area contributed by atoms with Crippen molar-refractivity contribution in [2.75, 3.05) is 20.7 Å². The number of benzene rings is 1. The summed E-state index contributed by atoms with van der Waals surface area (Å²) in [5.41, 5.74) is 3.60. The van der Waals surface area contributed by atoms with E-state index in [9.17, 15) is 4.79 Å². The van der Waals surface area contributed by atoms with Crippen molar-refractivity contribution in [3.63, 3.8) is 0 Å². The van der Waals surface area contributed by atoms with Crippen molar-refractivity contribution in [3.05, 3.63) is 47.3 Å². The monoisotopic (exact) mass is 384 g/mol. The van der Waals surface area contributed by atoms with Gasteiger partial charge in [-0.15, -0.1) is 0 Å². The second-order valence-electron chi connectivity index (χ2n) is 7.92. The molecule has 0 radical (unpaired) electrons. The second-order valence-corrected chi connectivity index (χ2v) is 7.92. The summed E-state index contributed by atoms with van der Waals surface area (Å²) in [5, 5.41) is 8.03. The number of nitrogens with zero attached hydrogens (tertiary/aromatic N) is 3. The van der Waals surface area contributed by atoms with Gasteiger partial charge in [-0.3, -0.25) is 9.48 Å². The Balaban J connectivity index is 1.55. The van der Waals surface area contributed by atoms with E-state index in [0.717, 1.165) is 36.4 Å². The largest absolute Gasteiger partial charge is 0.497 e. The molecule has 1 unspecified atom stereocenters. The number of ether oxygens (including phenoxy) is 1. The number of hydrogen-bond donors (Lipinski definition) is 1. The zero-order chi connectivity index (χ0) is 20.3. The maximum atomic E-state index is 12.4. The summed E-state index contributed by atoms with van der Waals surface area (Å²) in [4.78, 5) is 14.2. The Kier molecular flexibility index (Phi) is 6.39. The second kappa shape index (κ2) is 8.78. The molecule has 0 spiro atoms. The Morgan fingerprint density at radius 3 is 2.61 bits per heavy atom. The highest BCUT2D eigenvalue weighted by atomic mass is 16.5. The van der Waals surface area contributed by atoms with Crippen LogP contribution in [-0.2, 0) is 18.3 Å². The molecule has 152 valence electrons. The van der Waals surface area contributed by atoms with Crippen molar-refractivity contribution in [2.45, 2.75) is 45.2 Å². The Labute approximate surface area is 167 Å². The SMILES string of the molecule is COc1ccc(CCC(C)NC[C@@H]2CC(=O)N(C)[C@H]2c2cnn(C)c2C)cc1. The first-order chi connectivity index (χ1) is 13.4. The molecule has 3 atom stereocenters. The first kappa shape index (κ1) is 20.4. The van der Waals surface area contributed by atoms with Crippen LogP contribution in [0.2, 0.25) is 0 Å². The molecule has 1 aromatic heterocycles. The molecule has 2 aromatic rings. The van der Waals surface area contributed by atoms with Crippen LogP contribution in [0.5, 0.6) is 5.75 Å². The van der Waals surface area contributed by atoms with E-state index in [1.165, 1.54) is 5.56 Å². The molecule has 1 amide bonds. The van der Waals surface area contributed by atoms with Gasteiger partial charge in [-0.2, -0.15) is 5.10 Å². The fraction of sp³-hybridized carbons (Fsp3) is 0.545. The average molecular weight is 385 g/mol. The van der Waals surface area contributed by atoms with Gasteiger partial charge in [0.2, 0.25) is 5.91 Å². The molecular weight excluding hydrogens is 352 g/mol. The lowest BCUT2D eigenvalue weighted by Crippen LogP contribution is -2.34. The van der Waals surface area contributed by atoms with Gasteiger partial charge in [0.05, 0.1) is 19.3 Å². The van der Waals surface area contributed by atoms with Crippen molar-refractivity contribution in [2.24, 2.45) is 13.0 Å². The van der Waals surface area contributed by atoms with Crippen LogP contribution in [0.3, 0.4) is 0 Å². The average Bonchev–Trinajstić information content (AvgIpc) is 3.17. The van der Waals surface area contributed by atoms with Crippen molar-refractivity contribution in [1.29, 1.82) is 0 Å². The third-order valence-electron chi connectivity index (χ3n) is 6.04. The van der Waals surface area contributed by atoms with Gasteiger partial charge in [0.15, 0.2) is 0 Å². The van der Waals surface area contributed by atoms with Crippen LogP contribution in [0.4, 0.5) is 0 Å². The molecule has 1 N–H and O–H groups in total. The molecule has 1 fully saturated rings. The Morgan fingerprint density at radius 1 is 1.29 bits per heavy atom. The highest BCUT2D eigenvalue weighted by molar-refractivity contribution is 5.79. The normalized spacial score (nSPS) is 20.6. The molecule has 0 bridgehead atoms. The molecule has 0 aliphatic carbocycles. The van der Waals surface area contributed by atoms with Gasteiger partial charge >= 0.3 is 0 Å². The fourth-order valence-electron chi connectivity index (χ4n) is 4.03. The fourth-order valence-corrected chi connectivity index (χ4v) is 4.03. The number of nitrogens with one attached hydrogen (secondary N) is 1. The van der Waals surface area contributed by atoms with E-state index in [2.05, 4.69) is 36.4 Å². The summed E-state index contributed by atoms with van der Waals surface area (Å²) in [6.45, 7) is 5.12. The summed E-state index contributed by atoms with van der Waals surface area (Å²) >= 11 is 0. The number of carbonyl (C=O) groups is 1. The maximum absolute atomic E-state index is 12.4. The van der Waals surface area contributed by atoms with Crippen LogP contribution in [0.25, 0.3) is 0 Å². The first-order valence-corrected chi connectivity index (χ1v) is 10.0. The minimum Gasteiger partial charge on any atom is -0.497 e. The molecule has 2 heterocycles. The molecule has 0 saturated carbocycles. The predicted molar refractivity (Wildman–Crippen MR) is 110 cm³/mol. The predicted octanol–water partition coefficient (Wildman–Crippen LogP) is 2.87. The molecule has 1 aliphatic rings. The van der Waals surface area contributed by atoms with E-state index in [-0.39, 0.29) is 17.9 Å². The third kappa shape index (κ3) is 4.38. The molecule has 1 aromatic carbocycles. The van der Waals surface area contributed by atoms with Crippen molar-refractivity contribution in [3.8, 4) is 5.75 Å². The summed E-state index contributed by atoms with van der Waals surface area (Å²) < 4.78 is 7.10. The van der Waals surface area contributed by atoms with Gasteiger partial charge in [-0.25, -0.2) is 0 Å². The van der Waals surface area contributed by atoms with Crippen LogP contribution < -0.4 is 10.1 Å². The number of aryl methyl sites for hydroxylation is 2. The molecule has 1 saturated heterocycles. The maximum Gasteiger partial charge on any atom is 0.223 e. The van der Waals surface area contributed by atoms with Gasteiger partial charge in [0.25, 0.3) is 0 Å². The van der Waals surface area contributed by atoms with E-state index >= 15 is 0 Å². The van der Waals surface area contributed by atoms with Gasteiger partial charge in [-0.05, 0) is 44.4 Å². The molecule has 1 aliphatic heterocycles. The van der Waals surface area contributed by atoms with Crippen molar-refractivity contribution >= 4 is 5.91 Å². The minimum atomic E-state index is 0.0995. The Morgan fingerprint density at radius 2 is 2.00 bits per heavy atom. The van der Waals surface area contributed by atoms with Crippen LogP contribution >= 0.6 is 0 Å². The quantitative estimate of drug-likeness (QED) is 0.760. The lowest BCUT2D eigenvalue weighted by Gasteiger charge is -2.26. The molecular formula is C22H32N4O2. The third-order valence-corrected chi connectivity index (χ3v) is 6.04. The van der Waals surface area contributed by atoms with E-state index < -0.39 is 0 Å². The van der Waals surface area contributed by atoms with Crippen LogP contribution in [0.15, 0.2) is 30.5 Å². The minimum absolute atomic E-state index is 0.0995. The molecule has 28 heavy (non-hydrogen) atoms. The standard InChI is InChI=1S/C22H32N4O2/c1-15(6-7-17-8-10-19(28-5)11-9-17)23-13-18-12-21(27)25(3)22(18)20-14-24-26(4)16(20)2/h8-11,14-15,18,22-23H,6-7,12-13H2,1-5H3/t15?,18-,22+/m0/s1. The number of amides is 1. The van der Waals surface area contributed by atoms with E-state index in [4.69, 9.17) is 4.74 Å². The van der Waals surface area contributed by atoms with Crippen molar-refractivity contribution in [1.82, 2.24) is 20.0 Å². The highest BCUT2D eigenvalue weighted by Gasteiger charge is 2.39. The van der Waals surface area contributed by atoms with Crippen LogP contribution in [0, 0.1) is 12.8 Å². The first-order valence-electron chi connectivity index (χ1n) is 10.0. The van der Waals surface area contributed by atoms with Gasteiger partial charge in [0, 0.05) is 50.3 Å². The smallest absolute Gasteiger partial charge is 0.223 e. The highest BCUT2D eigenvalue weighted by Crippen LogP contribution is 2.37. The molecule has 6 nitrogen and oxygen atoms in total. The topological polar surface area (TPSA) is 59.4 Å². The number of methoxy groups -OCH3 is 1. The number of likely N-dealkylation sites (tertiary alicyclic amines) is 1. The number of rotatable bonds is 8. The zero-order valence-electron chi connectivity index (χ0n) is 17.6. The molecule has 6 heteroatoms. The summed E-state index contributed by atoms with van der Waals surface area (Å²) in [6.07, 6.45) is 4.58. The van der Waals surface area contributed by atoms with E-state index in [1.54, 1.807) is 7.11 Å². The van der Waals surface area contributed by atoms with Crippen LogP contribution in [-0.4, -0.2) is 47.3 Å². The number of aromatic nitrogens is 2. The summed E-state index contributed by atoms with van der Waals surface area (Å²) in [6, 6.07) is 8.75. The van der Waals surface area contributed by atoms with Gasteiger partial charge in [0.1, 0.15) is 5.75 Å². The van der Waals surface area contributed by atoms with Crippen LogP contribution in [0.1, 0.15) is 42.6 Å². The molecule has 3 rings (SSSR count). The lowest BCUT2D eigenvalue weighted by atomic mass is 9.93. The summed E-state index contributed by atoms with van der Waals surface area (Å²) in [7, 11) is 5.54. The lowest BCUT2D eigenvalue weighted by molar-refractivity contribution is -0.127. The van der Waals surface area contributed by atoms with Crippen molar-refractivity contribution < 1.29 is 9.53 Å². The summed E-state index contributed by atoms with van der Waals surface area (Å²) in [5.74, 6) is 1.37. The van der Waals surface area contributed by atoms with E-state index in [0.29, 0.717) is 12.5 Å². The van der Waals surface area contributed by atoms with Gasteiger partial charge < -0.3 is 15.0 Å².